The van der Waals surface area contributed by atoms with Crippen LogP contribution in [0.15, 0.2) is 36.7 Å². The third-order valence-corrected chi connectivity index (χ3v) is 3.96. The molecule has 0 fully saturated rings. The normalized spacial score (nSPS) is 16.7. The van der Waals surface area contributed by atoms with Gasteiger partial charge >= 0.3 is 0 Å². The highest BCUT2D eigenvalue weighted by molar-refractivity contribution is 5.94. The van der Waals surface area contributed by atoms with Crippen molar-refractivity contribution in [2.45, 2.75) is 25.3 Å². The van der Waals surface area contributed by atoms with E-state index in [4.69, 9.17) is 4.74 Å². The molecule has 22 heavy (non-hydrogen) atoms. The third kappa shape index (κ3) is 2.88. The number of hydrogen-bond acceptors (Lipinski definition) is 4. The van der Waals surface area contributed by atoms with E-state index in [1.165, 1.54) is 24.0 Å². The van der Waals surface area contributed by atoms with Gasteiger partial charge in [0.15, 0.2) is 0 Å². The maximum absolute atomic E-state index is 12.3. The highest BCUT2D eigenvalue weighted by Gasteiger charge is 2.22. The number of fused-ring (bicyclic) bond motifs is 1. The Kier molecular flexibility index (Phi) is 3.96. The lowest BCUT2D eigenvalue weighted by molar-refractivity contribution is 0.0932. The molecule has 114 valence electrons. The Bertz CT molecular complexity index is 700. The van der Waals surface area contributed by atoms with Crippen molar-refractivity contribution in [3.05, 3.63) is 53.3 Å². The molecule has 0 saturated carbocycles. The van der Waals surface area contributed by atoms with E-state index in [9.17, 15) is 9.90 Å². The first-order chi connectivity index (χ1) is 10.7. The van der Waals surface area contributed by atoms with Gasteiger partial charge in [-0.25, -0.2) is 0 Å². The van der Waals surface area contributed by atoms with Crippen molar-refractivity contribution in [1.82, 2.24) is 10.3 Å². The zero-order valence-corrected chi connectivity index (χ0v) is 12.4. The SMILES string of the molecule is COc1ccc2c(c1)CCC[C@@H]2NC(=O)c1cncc(O)c1. The largest absolute Gasteiger partial charge is 0.506 e. The van der Waals surface area contributed by atoms with Gasteiger partial charge in [0.05, 0.1) is 24.9 Å². The fourth-order valence-electron chi connectivity index (χ4n) is 2.86. The summed E-state index contributed by atoms with van der Waals surface area (Å²) in [4.78, 5) is 16.1. The van der Waals surface area contributed by atoms with Crippen LogP contribution in [-0.2, 0) is 6.42 Å². The molecule has 0 saturated heterocycles. The lowest BCUT2D eigenvalue weighted by atomic mass is 9.87. The van der Waals surface area contributed by atoms with Crippen molar-refractivity contribution < 1.29 is 14.6 Å². The van der Waals surface area contributed by atoms with Crippen molar-refractivity contribution in [3.8, 4) is 11.5 Å². The van der Waals surface area contributed by atoms with E-state index in [-0.39, 0.29) is 17.7 Å². The summed E-state index contributed by atoms with van der Waals surface area (Å²) in [6.07, 6.45) is 5.67. The summed E-state index contributed by atoms with van der Waals surface area (Å²) >= 11 is 0. The van der Waals surface area contributed by atoms with Gasteiger partial charge in [0.1, 0.15) is 11.5 Å². The summed E-state index contributed by atoms with van der Waals surface area (Å²) in [5.74, 6) is 0.599. The maximum Gasteiger partial charge on any atom is 0.253 e. The molecule has 0 aliphatic heterocycles. The van der Waals surface area contributed by atoms with Crippen LogP contribution in [0.2, 0.25) is 0 Å². The number of carbonyl (C=O) groups is 1. The summed E-state index contributed by atoms with van der Waals surface area (Å²) in [5.41, 5.74) is 2.71. The van der Waals surface area contributed by atoms with Crippen LogP contribution in [0.3, 0.4) is 0 Å². The van der Waals surface area contributed by atoms with E-state index in [1.54, 1.807) is 7.11 Å². The van der Waals surface area contributed by atoms with Gasteiger partial charge in [-0.2, -0.15) is 0 Å². The van der Waals surface area contributed by atoms with Gasteiger partial charge in [0.2, 0.25) is 0 Å². The topological polar surface area (TPSA) is 71.5 Å². The minimum Gasteiger partial charge on any atom is -0.506 e. The lowest BCUT2D eigenvalue weighted by Gasteiger charge is -2.26. The van der Waals surface area contributed by atoms with Gasteiger partial charge in [-0.3, -0.25) is 9.78 Å². The van der Waals surface area contributed by atoms with E-state index in [1.807, 2.05) is 18.2 Å². The molecule has 1 atom stereocenters. The number of nitrogens with one attached hydrogen (secondary N) is 1. The Morgan fingerprint density at radius 3 is 3.00 bits per heavy atom. The standard InChI is InChI=1S/C17H18N2O3/c1-22-14-5-6-15-11(8-14)3-2-4-16(15)19-17(21)12-7-13(20)10-18-9-12/h5-10,16,20H,2-4H2,1H3,(H,19,21)/t16-/m0/s1. The van der Waals surface area contributed by atoms with Gasteiger partial charge in [-0.1, -0.05) is 6.07 Å². The molecule has 0 spiro atoms. The fourth-order valence-corrected chi connectivity index (χ4v) is 2.86. The predicted molar refractivity (Wildman–Crippen MR) is 82.0 cm³/mol. The second-order valence-corrected chi connectivity index (χ2v) is 5.41. The Hall–Kier alpha value is -2.56. The number of hydrogen-bond donors (Lipinski definition) is 2. The number of carbonyl (C=O) groups excluding carboxylic acids is 1. The van der Waals surface area contributed by atoms with E-state index in [2.05, 4.69) is 10.3 Å². The predicted octanol–water partition coefficient (Wildman–Crippen LogP) is 2.60. The van der Waals surface area contributed by atoms with Gasteiger partial charge < -0.3 is 15.2 Å². The molecule has 1 amide bonds. The van der Waals surface area contributed by atoms with Crippen molar-refractivity contribution in [2.24, 2.45) is 0 Å². The minimum absolute atomic E-state index is 0.0126. The number of aryl methyl sites for hydroxylation is 1. The average molecular weight is 298 g/mol. The highest BCUT2D eigenvalue weighted by Crippen LogP contribution is 2.32. The monoisotopic (exact) mass is 298 g/mol. The lowest BCUT2D eigenvalue weighted by Crippen LogP contribution is -2.31. The number of benzene rings is 1. The van der Waals surface area contributed by atoms with Gasteiger partial charge in [-0.15, -0.1) is 0 Å². The molecule has 0 radical (unpaired) electrons. The number of aromatic hydroxyl groups is 1. The molecule has 5 nitrogen and oxygen atoms in total. The minimum atomic E-state index is -0.225. The number of methoxy groups -OCH3 is 1. The molecular formula is C17H18N2O3. The smallest absolute Gasteiger partial charge is 0.253 e. The van der Waals surface area contributed by atoms with Gasteiger partial charge in [0, 0.05) is 6.20 Å². The highest BCUT2D eigenvalue weighted by atomic mass is 16.5. The van der Waals surface area contributed by atoms with E-state index < -0.39 is 0 Å². The molecule has 0 unspecified atom stereocenters. The summed E-state index contributed by atoms with van der Waals surface area (Å²) < 4.78 is 5.26. The van der Waals surface area contributed by atoms with Gasteiger partial charge in [-0.05, 0) is 48.6 Å². The second kappa shape index (κ2) is 6.05. The van der Waals surface area contributed by atoms with Crippen LogP contribution in [0.5, 0.6) is 11.5 Å². The molecule has 0 bridgehead atoms. The zero-order chi connectivity index (χ0) is 15.5. The second-order valence-electron chi connectivity index (χ2n) is 5.41. The molecule has 2 N–H and O–H groups in total. The maximum atomic E-state index is 12.3. The van der Waals surface area contributed by atoms with E-state index in [0.717, 1.165) is 30.6 Å². The van der Waals surface area contributed by atoms with Crippen LogP contribution >= 0.6 is 0 Å². The van der Waals surface area contributed by atoms with Crippen LogP contribution in [0.1, 0.15) is 40.4 Å². The van der Waals surface area contributed by atoms with Crippen LogP contribution < -0.4 is 10.1 Å². The Labute approximate surface area is 129 Å². The average Bonchev–Trinajstić information content (AvgIpc) is 2.54. The molecule has 1 aromatic heterocycles. The molecule has 2 aromatic rings. The third-order valence-electron chi connectivity index (χ3n) is 3.96. The van der Waals surface area contributed by atoms with Crippen molar-refractivity contribution in [1.29, 1.82) is 0 Å². The Morgan fingerprint density at radius 2 is 2.23 bits per heavy atom. The van der Waals surface area contributed by atoms with Crippen LogP contribution in [0, 0.1) is 0 Å². The summed E-state index contributed by atoms with van der Waals surface area (Å²) in [7, 11) is 1.65. The van der Waals surface area contributed by atoms with Crippen molar-refractivity contribution in [2.75, 3.05) is 7.11 Å². The van der Waals surface area contributed by atoms with Crippen molar-refractivity contribution in [3.63, 3.8) is 0 Å². The molecule has 1 aliphatic rings. The zero-order valence-electron chi connectivity index (χ0n) is 12.4. The number of amides is 1. The molecule has 1 aromatic carbocycles. The van der Waals surface area contributed by atoms with E-state index >= 15 is 0 Å². The van der Waals surface area contributed by atoms with Crippen LogP contribution in [-0.4, -0.2) is 23.1 Å². The summed E-state index contributed by atoms with van der Waals surface area (Å²) in [5, 5.41) is 12.5. The Balaban J connectivity index is 1.81. The van der Waals surface area contributed by atoms with Crippen molar-refractivity contribution >= 4 is 5.91 Å². The summed E-state index contributed by atoms with van der Waals surface area (Å²) in [6, 6.07) is 7.35. The van der Waals surface area contributed by atoms with E-state index in [0.29, 0.717) is 5.56 Å². The van der Waals surface area contributed by atoms with Crippen LogP contribution in [0.4, 0.5) is 0 Å². The number of ether oxygens (including phenoxy) is 1. The fraction of sp³-hybridized carbons (Fsp3) is 0.294. The number of pyridine rings is 1. The van der Waals surface area contributed by atoms with Gasteiger partial charge in [0.25, 0.3) is 5.91 Å². The number of aromatic nitrogens is 1. The number of nitrogens with zero attached hydrogens (tertiary/aromatic N) is 1. The first-order valence-electron chi connectivity index (χ1n) is 7.29. The summed E-state index contributed by atoms with van der Waals surface area (Å²) in [6.45, 7) is 0. The first-order valence-corrected chi connectivity index (χ1v) is 7.29. The molecule has 3 rings (SSSR count). The quantitative estimate of drug-likeness (QED) is 0.913. The molecule has 1 heterocycles. The Morgan fingerprint density at radius 1 is 1.36 bits per heavy atom. The molecule has 1 aliphatic carbocycles. The van der Waals surface area contributed by atoms with Crippen LogP contribution in [0.25, 0.3) is 0 Å². The first kappa shape index (κ1) is 14.4. The molecular weight excluding hydrogens is 280 g/mol. The number of rotatable bonds is 3. The molecule has 5 heteroatoms.